The van der Waals surface area contributed by atoms with Crippen molar-refractivity contribution in [1.82, 2.24) is 0 Å². The van der Waals surface area contributed by atoms with Gasteiger partial charge in [0.15, 0.2) is 0 Å². The van der Waals surface area contributed by atoms with E-state index in [0.29, 0.717) is 0 Å². The number of ether oxygens (including phenoxy) is 3. The summed E-state index contributed by atoms with van der Waals surface area (Å²) in [5, 5.41) is 0. The average molecular weight is 304 g/mol. The van der Waals surface area contributed by atoms with Gasteiger partial charge in [-0.05, 0) is 7.11 Å². The summed E-state index contributed by atoms with van der Waals surface area (Å²) in [6.07, 6.45) is 0. The van der Waals surface area contributed by atoms with Gasteiger partial charge < -0.3 is 14.2 Å². The van der Waals surface area contributed by atoms with E-state index in [1.807, 2.05) is 0 Å². The fraction of sp³-hybridized carbons (Fsp3) is 0.600. The van der Waals surface area contributed by atoms with Crippen molar-refractivity contribution in [2.24, 2.45) is 0 Å². The molecule has 0 aromatic heterocycles. The number of rotatable bonds is 2. The smallest absolute Gasteiger partial charge is 0.557 e. The van der Waals surface area contributed by atoms with Gasteiger partial charge in [0, 0.05) is 7.11 Å². The number of hydrogen-bond donors (Lipinski definition) is 0. The van der Waals surface area contributed by atoms with Crippen LogP contribution in [0.5, 0.6) is 0 Å². The third-order valence-electron chi connectivity index (χ3n) is 0.201. The minimum atomic E-state index is 0. The Balaban J connectivity index is -0.0000000800. The first-order valence-electron chi connectivity index (χ1n) is 1.97. The molecule has 56 valence electrons. The van der Waals surface area contributed by atoms with Gasteiger partial charge in [-0.15, -0.1) is 0 Å². The third-order valence-corrected chi connectivity index (χ3v) is 0.201. The van der Waals surface area contributed by atoms with Gasteiger partial charge in [0.25, 0.3) is 0 Å². The van der Waals surface area contributed by atoms with Crippen molar-refractivity contribution in [3.05, 3.63) is 14.2 Å². The van der Waals surface area contributed by atoms with Crippen LogP contribution in [0.3, 0.4) is 0 Å². The number of hydrogen-bond acceptors (Lipinski definition) is 3. The molecule has 0 radical (unpaired) electrons. The van der Waals surface area contributed by atoms with Crippen molar-refractivity contribution in [3.8, 4) is 0 Å². The van der Waals surface area contributed by atoms with Gasteiger partial charge in [0.1, 0.15) is 6.79 Å². The molecular formula is C5H12O3W. The maximum Gasteiger partial charge on any atom is 2.00 e. The van der Waals surface area contributed by atoms with E-state index >= 15 is 0 Å². The van der Waals surface area contributed by atoms with Crippen LogP contribution >= 0.6 is 0 Å². The van der Waals surface area contributed by atoms with Crippen molar-refractivity contribution in [3.63, 3.8) is 0 Å². The molecule has 4 heteroatoms. The molecule has 0 unspecified atom stereocenters. The van der Waals surface area contributed by atoms with Crippen LogP contribution in [0.25, 0.3) is 0 Å². The molecule has 0 aliphatic heterocycles. The summed E-state index contributed by atoms with van der Waals surface area (Å²) in [6.45, 7) is 0.278. The molecule has 0 amide bonds. The SMILES string of the molecule is [CH2-]OC.[CH2-]OCOC.[W+2]. The largest absolute Gasteiger partial charge is 2.00 e. The van der Waals surface area contributed by atoms with Crippen LogP contribution in [-0.4, -0.2) is 21.0 Å². The van der Waals surface area contributed by atoms with Crippen molar-refractivity contribution in [2.45, 2.75) is 0 Å². The first-order chi connectivity index (χ1) is 3.83. The molecule has 0 atom stereocenters. The molecule has 0 bridgehead atoms. The Morgan fingerprint density at radius 2 is 1.56 bits per heavy atom. The van der Waals surface area contributed by atoms with Crippen molar-refractivity contribution >= 4 is 0 Å². The Morgan fingerprint density at radius 3 is 1.56 bits per heavy atom. The van der Waals surface area contributed by atoms with Crippen LogP contribution in [0.1, 0.15) is 0 Å². The number of methoxy groups -OCH3 is 2. The second-order valence-corrected chi connectivity index (χ2v) is 0.899. The van der Waals surface area contributed by atoms with Crippen molar-refractivity contribution < 1.29 is 35.3 Å². The molecule has 9 heavy (non-hydrogen) atoms. The molecule has 0 heterocycles. The summed E-state index contributed by atoms with van der Waals surface area (Å²) in [7, 11) is 9.10. The summed E-state index contributed by atoms with van der Waals surface area (Å²) < 4.78 is 12.6. The molecule has 0 aliphatic carbocycles. The summed E-state index contributed by atoms with van der Waals surface area (Å²) in [6, 6.07) is 0. The van der Waals surface area contributed by atoms with Gasteiger partial charge in [-0.25, -0.2) is 14.2 Å². The molecule has 3 nitrogen and oxygen atoms in total. The van der Waals surface area contributed by atoms with Crippen LogP contribution in [0, 0.1) is 14.2 Å². The monoisotopic (exact) mass is 304 g/mol. The predicted molar refractivity (Wildman–Crippen MR) is 30.7 cm³/mol. The first kappa shape index (κ1) is 16.3. The normalized spacial score (nSPS) is 6.67. The minimum absolute atomic E-state index is 0. The molecule has 0 aliphatic rings. The summed E-state index contributed by atoms with van der Waals surface area (Å²) in [4.78, 5) is 0. The van der Waals surface area contributed by atoms with E-state index < -0.39 is 0 Å². The first-order valence-corrected chi connectivity index (χ1v) is 1.97. The van der Waals surface area contributed by atoms with E-state index in [0.717, 1.165) is 0 Å². The molecule has 0 N–H and O–H groups in total. The third kappa shape index (κ3) is 56.0. The van der Waals surface area contributed by atoms with Crippen LogP contribution in [0.2, 0.25) is 0 Å². The summed E-state index contributed by atoms with van der Waals surface area (Å²) >= 11 is 0. The van der Waals surface area contributed by atoms with E-state index in [-0.39, 0.29) is 27.9 Å². The maximum atomic E-state index is 4.41. The Bertz CT molecular complexity index is 26.2. The average Bonchev–Trinajstić information content (AvgIpc) is 1.71. The van der Waals surface area contributed by atoms with Gasteiger partial charge in [-0.1, -0.05) is 0 Å². The van der Waals surface area contributed by atoms with E-state index in [2.05, 4.69) is 28.4 Å². The van der Waals surface area contributed by atoms with Crippen LogP contribution in [-0.2, 0) is 35.3 Å². The minimum Gasteiger partial charge on any atom is -0.557 e. The van der Waals surface area contributed by atoms with Crippen molar-refractivity contribution in [1.29, 1.82) is 0 Å². The zero-order valence-corrected chi connectivity index (χ0v) is 8.69. The summed E-state index contributed by atoms with van der Waals surface area (Å²) in [5.41, 5.74) is 0. The standard InChI is InChI=1S/C3H7O2.C2H5O.W/c1-4-3-5-2;1-3-2;/h1,3H2,2H3;1H2,2H3;/q2*-1;+2. The van der Waals surface area contributed by atoms with Gasteiger partial charge in [-0.3, -0.25) is 0 Å². The second kappa shape index (κ2) is 23.5. The van der Waals surface area contributed by atoms with Gasteiger partial charge in [0.2, 0.25) is 0 Å². The zero-order valence-electron chi connectivity index (χ0n) is 5.75. The maximum absolute atomic E-state index is 4.41. The van der Waals surface area contributed by atoms with E-state index in [4.69, 9.17) is 0 Å². The zero-order chi connectivity index (χ0) is 6.83. The van der Waals surface area contributed by atoms with Gasteiger partial charge in [-0.2, -0.15) is 0 Å². The second-order valence-electron chi connectivity index (χ2n) is 0.899. The Labute approximate surface area is 70.9 Å². The molecule has 0 saturated carbocycles. The summed E-state index contributed by atoms with van der Waals surface area (Å²) in [5.74, 6) is 0. The van der Waals surface area contributed by atoms with Gasteiger partial charge in [0.05, 0.1) is 0 Å². The Morgan fingerprint density at radius 1 is 1.22 bits per heavy atom. The fourth-order valence-corrected chi connectivity index (χ4v) is 0.0833. The fourth-order valence-electron chi connectivity index (χ4n) is 0.0833. The predicted octanol–water partition coefficient (Wildman–Crippen LogP) is 0.820. The topological polar surface area (TPSA) is 27.7 Å². The van der Waals surface area contributed by atoms with Crippen molar-refractivity contribution in [2.75, 3.05) is 21.0 Å². The Kier molecular flexibility index (Phi) is 42.5. The van der Waals surface area contributed by atoms with Crippen LogP contribution in [0.15, 0.2) is 0 Å². The Hall–Kier alpha value is 0.568. The molecule has 0 aromatic carbocycles. The molecule has 0 fully saturated rings. The van der Waals surface area contributed by atoms with E-state index in [1.54, 1.807) is 7.11 Å². The van der Waals surface area contributed by atoms with E-state index in [9.17, 15) is 0 Å². The molecule has 0 aromatic rings. The van der Waals surface area contributed by atoms with E-state index in [1.165, 1.54) is 7.11 Å². The quantitative estimate of drug-likeness (QED) is 0.558. The molecular weight excluding hydrogens is 292 g/mol. The van der Waals surface area contributed by atoms with Gasteiger partial charge >= 0.3 is 21.1 Å². The molecule has 0 rings (SSSR count). The van der Waals surface area contributed by atoms with Crippen LogP contribution < -0.4 is 0 Å². The molecule has 0 saturated heterocycles. The molecule has 0 spiro atoms. The van der Waals surface area contributed by atoms with Crippen LogP contribution in [0.4, 0.5) is 0 Å².